The minimum Gasteiger partial charge on any atom is -0.494 e. The molecule has 1 atom stereocenters. The maximum Gasteiger partial charge on any atom is 0.338 e. The van der Waals surface area contributed by atoms with E-state index in [-0.39, 0.29) is 12.2 Å². The lowest BCUT2D eigenvalue weighted by atomic mass is 9.93. The Morgan fingerprint density at radius 3 is 2.33 bits per heavy atom. The highest BCUT2D eigenvalue weighted by molar-refractivity contribution is 9.10. The molecule has 0 spiro atoms. The van der Waals surface area contributed by atoms with Crippen molar-refractivity contribution in [2.45, 2.75) is 26.5 Å². The van der Waals surface area contributed by atoms with Crippen molar-refractivity contribution in [3.05, 3.63) is 155 Å². The molecule has 0 amide bonds. The molecule has 7 nitrogen and oxygen atoms in total. The molecule has 2 heterocycles. The fraction of sp³-hybridized carbons (Fsp3) is 0.162. The molecule has 46 heavy (non-hydrogen) atoms. The Hall–Kier alpha value is -4.73. The highest BCUT2D eigenvalue weighted by atomic mass is 79.9. The van der Waals surface area contributed by atoms with Gasteiger partial charge in [0.25, 0.3) is 5.56 Å². The van der Waals surface area contributed by atoms with E-state index < -0.39 is 12.0 Å². The number of carbonyl (C=O) groups is 1. The van der Waals surface area contributed by atoms with Crippen molar-refractivity contribution in [1.29, 1.82) is 0 Å². The van der Waals surface area contributed by atoms with E-state index in [4.69, 9.17) is 19.2 Å². The van der Waals surface area contributed by atoms with Gasteiger partial charge in [-0.05, 0) is 61.4 Å². The van der Waals surface area contributed by atoms with Crippen molar-refractivity contribution in [3.8, 4) is 11.5 Å². The molecule has 1 aliphatic rings. The Labute approximate surface area is 278 Å². The number of hydrogen-bond acceptors (Lipinski definition) is 7. The van der Waals surface area contributed by atoms with E-state index in [0.29, 0.717) is 45.3 Å². The molecular formula is C37H31BrN2O5S. The Morgan fingerprint density at radius 2 is 1.61 bits per heavy atom. The second-order valence-corrected chi connectivity index (χ2v) is 12.3. The minimum absolute atomic E-state index is 0.182. The first-order chi connectivity index (χ1) is 22.5. The molecule has 232 valence electrons. The van der Waals surface area contributed by atoms with Gasteiger partial charge in [0.1, 0.15) is 18.1 Å². The van der Waals surface area contributed by atoms with Crippen LogP contribution in [0, 0.1) is 0 Å². The van der Waals surface area contributed by atoms with Gasteiger partial charge in [0.05, 0.1) is 35.1 Å². The Bertz CT molecular complexity index is 2070. The van der Waals surface area contributed by atoms with Crippen LogP contribution in [0.4, 0.5) is 0 Å². The predicted octanol–water partition coefficient (Wildman–Crippen LogP) is 6.68. The number of para-hydroxylation sites is 1. The summed E-state index contributed by atoms with van der Waals surface area (Å²) in [5.74, 6) is 0.824. The molecular weight excluding hydrogens is 664 g/mol. The average Bonchev–Trinajstić information content (AvgIpc) is 3.39. The van der Waals surface area contributed by atoms with Crippen molar-refractivity contribution in [3.63, 3.8) is 0 Å². The van der Waals surface area contributed by atoms with Crippen LogP contribution in [0.3, 0.4) is 0 Å². The normalized spacial score (nSPS) is 14.4. The zero-order chi connectivity index (χ0) is 32.0. The maximum absolute atomic E-state index is 14.3. The van der Waals surface area contributed by atoms with E-state index in [0.717, 1.165) is 26.7 Å². The van der Waals surface area contributed by atoms with Gasteiger partial charge in [-0.15, -0.1) is 0 Å². The third kappa shape index (κ3) is 6.61. The standard InChI is InChI=1S/C37H31BrN2O5S/c1-3-43-29-20-16-26(17-21-29)34-32(36(42)44-4-2)33(25-10-6-5-7-11-25)39-37-40(34)35(41)31(46-37)22-27-12-8-9-13-30(27)45-23-24-14-18-28(38)19-15-24/h5-22,34H,3-4,23H2,1-2H3/b31-22-/t34-/m1/s1. The largest absolute Gasteiger partial charge is 0.494 e. The summed E-state index contributed by atoms with van der Waals surface area (Å²) in [6.45, 7) is 4.76. The predicted molar refractivity (Wildman–Crippen MR) is 184 cm³/mol. The van der Waals surface area contributed by atoms with Crippen LogP contribution in [0.1, 0.15) is 42.1 Å². The first kappa shape index (κ1) is 31.3. The highest BCUT2D eigenvalue weighted by Gasteiger charge is 2.35. The summed E-state index contributed by atoms with van der Waals surface area (Å²) >= 11 is 4.74. The van der Waals surface area contributed by atoms with Gasteiger partial charge >= 0.3 is 5.97 Å². The van der Waals surface area contributed by atoms with Gasteiger partial charge < -0.3 is 14.2 Å². The first-order valence-electron chi connectivity index (χ1n) is 14.9. The van der Waals surface area contributed by atoms with Gasteiger partial charge in [-0.2, -0.15) is 0 Å². The lowest BCUT2D eigenvalue weighted by molar-refractivity contribution is -0.138. The number of esters is 1. The van der Waals surface area contributed by atoms with Crippen LogP contribution in [-0.2, 0) is 16.1 Å². The van der Waals surface area contributed by atoms with E-state index >= 15 is 0 Å². The zero-order valence-electron chi connectivity index (χ0n) is 25.3. The molecule has 9 heteroatoms. The van der Waals surface area contributed by atoms with Crippen molar-refractivity contribution in [2.24, 2.45) is 4.99 Å². The van der Waals surface area contributed by atoms with E-state index in [2.05, 4.69) is 15.9 Å². The summed E-state index contributed by atoms with van der Waals surface area (Å²) in [6, 6.07) is 31.7. The number of nitrogens with zero attached hydrogens (tertiary/aromatic N) is 2. The van der Waals surface area contributed by atoms with E-state index in [1.54, 1.807) is 11.5 Å². The van der Waals surface area contributed by atoms with Crippen molar-refractivity contribution >= 4 is 45.0 Å². The summed E-state index contributed by atoms with van der Waals surface area (Å²) in [7, 11) is 0. The lowest BCUT2D eigenvalue weighted by Crippen LogP contribution is -2.40. The van der Waals surface area contributed by atoms with Crippen LogP contribution < -0.4 is 24.4 Å². The van der Waals surface area contributed by atoms with Crippen LogP contribution in [0.5, 0.6) is 11.5 Å². The monoisotopic (exact) mass is 694 g/mol. The number of hydrogen-bond donors (Lipinski definition) is 0. The Balaban J connectivity index is 1.51. The van der Waals surface area contributed by atoms with Crippen LogP contribution in [0.2, 0.25) is 0 Å². The Kier molecular flexibility index (Phi) is 9.61. The summed E-state index contributed by atoms with van der Waals surface area (Å²) in [4.78, 5) is 33.4. The van der Waals surface area contributed by atoms with Crippen molar-refractivity contribution < 1.29 is 19.0 Å². The first-order valence-corrected chi connectivity index (χ1v) is 16.5. The quantitative estimate of drug-likeness (QED) is 0.153. The SMILES string of the molecule is CCOC(=O)C1=C(c2ccccc2)N=c2s/c(=C\c3ccccc3OCc3ccc(Br)cc3)c(=O)n2[C@@H]1c1ccc(OCC)cc1. The van der Waals surface area contributed by atoms with E-state index in [1.165, 1.54) is 11.3 Å². The number of ether oxygens (including phenoxy) is 3. The Morgan fingerprint density at radius 1 is 0.891 bits per heavy atom. The van der Waals surface area contributed by atoms with Crippen LogP contribution >= 0.6 is 27.3 Å². The van der Waals surface area contributed by atoms with Gasteiger partial charge in [0, 0.05) is 15.6 Å². The third-order valence-electron chi connectivity index (χ3n) is 7.39. The number of thiazole rings is 1. The summed E-state index contributed by atoms with van der Waals surface area (Å²) in [6.07, 6.45) is 1.83. The molecule has 0 bridgehead atoms. The molecule has 5 aromatic rings. The van der Waals surface area contributed by atoms with Crippen LogP contribution in [0.25, 0.3) is 11.8 Å². The number of carbonyl (C=O) groups excluding carboxylic acids is 1. The molecule has 0 N–H and O–H groups in total. The number of aromatic nitrogens is 1. The molecule has 6 rings (SSSR count). The van der Waals surface area contributed by atoms with Crippen molar-refractivity contribution in [2.75, 3.05) is 13.2 Å². The molecule has 0 saturated heterocycles. The number of rotatable bonds is 10. The number of benzene rings is 4. The molecule has 0 radical (unpaired) electrons. The molecule has 0 fully saturated rings. The van der Waals surface area contributed by atoms with Gasteiger partial charge in [-0.1, -0.05) is 100 Å². The molecule has 4 aromatic carbocycles. The molecule has 1 aliphatic heterocycles. The fourth-order valence-electron chi connectivity index (χ4n) is 5.28. The van der Waals surface area contributed by atoms with Gasteiger partial charge in [0.2, 0.25) is 0 Å². The summed E-state index contributed by atoms with van der Waals surface area (Å²) < 4.78 is 20.5. The van der Waals surface area contributed by atoms with Gasteiger partial charge in [-0.3, -0.25) is 9.36 Å². The lowest BCUT2D eigenvalue weighted by Gasteiger charge is -2.26. The number of halogens is 1. The third-order valence-corrected chi connectivity index (χ3v) is 8.91. The molecule has 0 unspecified atom stereocenters. The molecule has 0 saturated carbocycles. The van der Waals surface area contributed by atoms with Crippen LogP contribution in [-0.4, -0.2) is 23.8 Å². The minimum atomic E-state index is -0.771. The van der Waals surface area contributed by atoms with Gasteiger partial charge in [-0.25, -0.2) is 9.79 Å². The zero-order valence-corrected chi connectivity index (χ0v) is 27.7. The van der Waals surface area contributed by atoms with Crippen LogP contribution in [0.15, 0.2) is 123 Å². The summed E-state index contributed by atoms with van der Waals surface area (Å²) in [5, 5.41) is 0. The molecule has 0 aliphatic carbocycles. The van der Waals surface area contributed by atoms with E-state index in [1.807, 2.05) is 116 Å². The topological polar surface area (TPSA) is 79.1 Å². The highest BCUT2D eigenvalue weighted by Crippen LogP contribution is 2.35. The second kappa shape index (κ2) is 14.1. The maximum atomic E-state index is 14.3. The summed E-state index contributed by atoms with van der Waals surface area (Å²) in [5.41, 5.74) is 3.78. The van der Waals surface area contributed by atoms with Gasteiger partial charge in [0.15, 0.2) is 4.80 Å². The molecule has 1 aromatic heterocycles. The second-order valence-electron chi connectivity index (χ2n) is 10.4. The van der Waals surface area contributed by atoms with Crippen molar-refractivity contribution in [1.82, 2.24) is 4.57 Å². The van der Waals surface area contributed by atoms with E-state index in [9.17, 15) is 9.59 Å². The average molecular weight is 696 g/mol. The smallest absolute Gasteiger partial charge is 0.338 e. The fourth-order valence-corrected chi connectivity index (χ4v) is 6.54. The number of fused-ring (bicyclic) bond motifs is 1.